The van der Waals surface area contributed by atoms with Crippen LogP contribution in [-0.4, -0.2) is 18.1 Å². The number of carbonyl (C=O) groups excluding carboxylic acids is 1. The molecule has 0 unspecified atom stereocenters. The van der Waals surface area contributed by atoms with Gasteiger partial charge in [0, 0.05) is 20.3 Å². The van der Waals surface area contributed by atoms with Gasteiger partial charge in [0.05, 0.1) is 18.4 Å². The highest BCUT2D eigenvalue weighted by Crippen LogP contribution is 2.43. The Balaban J connectivity index is 2.28. The van der Waals surface area contributed by atoms with Crippen LogP contribution in [0.25, 0.3) is 11.6 Å². The maximum atomic E-state index is 13.1. The van der Waals surface area contributed by atoms with Crippen LogP contribution in [0.2, 0.25) is 0 Å². The predicted molar refractivity (Wildman–Crippen MR) is 127 cm³/mol. The number of rotatable bonds is 2. The zero-order chi connectivity index (χ0) is 21.7. The molecule has 0 fully saturated rings. The molecule has 154 valence electrons. The minimum atomic E-state index is -0.233. The molecule has 5 heteroatoms. The molecule has 2 aromatic rings. The van der Waals surface area contributed by atoms with Gasteiger partial charge >= 0.3 is 0 Å². The number of halogens is 1. The van der Waals surface area contributed by atoms with Crippen molar-refractivity contribution in [3.63, 3.8) is 0 Å². The number of hydrogen-bond acceptors (Lipinski definition) is 3. The van der Waals surface area contributed by atoms with Gasteiger partial charge in [-0.1, -0.05) is 47.6 Å². The predicted octanol–water partition coefficient (Wildman–Crippen LogP) is 6.04. The molecular weight excluding hydrogens is 477 g/mol. The van der Waals surface area contributed by atoms with Crippen LogP contribution in [0.4, 0.5) is 5.69 Å². The van der Waals surface area contributed by atoms with Crippen molar-refractivity contribution in [2.75, 3.05) is 12.2 Å². The Bertz CT molecular complexity index is 975. The van der Waals surface area contributed by atoms with Gasteiger partial charge in [0.1, 0.15) is 5.75 Å². The van der Waals surface area contributed by atoms with Gasteiger partial charge in [-0.15, -0.1) is 0 Å². The molecule has 1 heterocycles. The number of hydroxylamine groups is 1. The molecule has 0 aromatic heterocycles. The first-order valence-corrected chi connectivity index (χ1v) is 10.7. The maximum Gasteiger partial charge on any atom is 0.282 e. The summed E-state index contributed by atoms with van der Waals surface area (Å²) in [5, 5.41) is 12.3. The van der Waals surface area contributed by atoms with Crippen LogP contribution in [-0.2, 0) is 20.5 Å². The lowest BCUT2D eigenvalue weighted by molar-refractivity contribution is -0.118. The minimum Gasteiger partial charge on any atom is -0.507 e. The van der Waals surface area contributed by atoms with E-state index in [4.69, 9.17) is 4.84 Å². The summed E-state index contributed by atoms with van der Waals surface area (Å²) in [6.07, 6.45) is 1.91. The van der Waals surface area contributed by atoms with Crippen LogP contribution >= 0.6 is 22.6 Å². The Morgan fingerprint density at radius 2 is 1.59 bits per heavy atom. The number of aromatic hydroxyl groups is 1. The summed E-state index contributed by atoms with van der Waals surface area (Å²) in [6, 6.07) is 9.75. The molecule has 4 nitrogen and oxygen atoms in total. The van der Waals surface area contributed by atoms with Crippen LogP contribution in [0.1, 0.15) is 63.8 Å². The fraction of sp³-hybridized carbons (Fsp3) is 0.375. The summed E-state index contributed by atoms with van der Waals surface area (Å²) < 4.78 is 0.991. The van der Waals surface area contributed by atoms with Crippen LogP contribution in [0, 0.1) is 3.57 Å². The first-order valence-electron chi connectivity index (χ1n) is 9.63. The molecule has 1 aliphatic heterocycles. The number of hydrogen-bond donors (Lipinski definition) is 1. The van der Waals surface area contributed by atoms with Crippen LogP contribution in [0.5, 0.6) is 5.75 Å². The Labute approximate surface area is 186 Å². The first kappa shape index (κ1) is 21.8. The van der Waals surface area contributed by atoms with E-state index in [1.54, 1.807) is 0 Å². The van der Waals surface area contributed by atoms with Gasteiger partial charge in [-0.05, 0) is 69.3 Å². The number of fused-ring (bicyclic) bond motifs is 1. The third-order valence-electron chi connectivity index (χ3n) is 5.14. The first-order chi connectivity index (χ1) is 13.4. The van der Waals surface area contributed by atoms with Crippen molar-refractivity contribution >= 4 is 45.8 Å². The van der Waals surface area contributed by atoms with Gasteiger partial charge in [-0.3, -0.25) is 9.63 Å². The fourth-order valence-corrected chi connectivity index (χ4v) is 4.41. The van der Waals surface area contributed by atoms with Crippen molar-refractivity contribution in [1.82, 2.24) is 0 Å². The molecule has 3 rings (SSSR count). The molecule has 1 amide bonds. The molecule has 0 bridgehead atoms. The van der Waals surface area contributed by atoms with Crippen molar-refractivity contribution in [2.24, 2.45) is 0 Å². The molecule has 0 radical (unpaired) electrons. The number of nitrogens with zero attached hydrogens (tertiary/aromatic N) is 1. The smallest absolute Gasteiger partial charge is 0.282 e. The largest absolute Gasteiger partial charge is 0.507 e. The van der Waals surface area contributed by atoms with Crippen molar-refractivity contribution in [3.05, 3.63) is 56.2 Å². The highest BCUT2D eigenvalue weighted by Gasteiger charge is 2.35. The Morgan fingerprint density at radius 1 is 1.03 bits per heavy atom. The molecule has 1 N–H and O–H groups in total. The lowest BCUT2D eigenvalue weighted by Crippen LogP contribution is -2.24. The summed E-state index contributed by atoms with van der Waals surface area (Å²) in [7, 11) is 1.50. The van der Waals surface area contributed by atoms with Gasteiger partial charge in [0.2, 0.25) is 0 Å². The Morgan fingerprint density at radius 3 is 2.07 bits per heavy atom. The van der Waals surface area contributed by atoms with E-state index >= 15 is 0 Å². The number of phenols is 1. The summed E-state index contributed by atoms with van der Waals surface area (Å²) >= 11 is 2.25. The third kappa shape index (κ3) is 3.94. The maximum absolute atomic E-state index is 13.1. The summed E-state index contributed by atoms with van der Waals surface area (Å²) in [4.78, 5) is 18.4. The van der Waals surface area contributed by atoms with Gasteiger partial charge in [-0.25, -0.2) is 0 Å². The second kappa shape index (κ2) is 7.43. The average Bonchev–Trinajstić information content (AvgIpc) is 2.86. The highest BCUT2D eigenvalue weighted by molar-refractivity contribution is 14.1. The van der Waals surface area contributed by atoms with Crippen molar-refractivity contribution in [2.45, 2.75) is 52.4 Å². The number of benzene rings is 2. The Kier molecular flexibility index (Phi) is 5.60. The molecule has 0 spiro atoms. The van der Waals surface area contributed by atoms with Crippen LogP contribution in [0.15, 0.2) is 30.3 Å². The number of anilines is 1. The monoisotopic (exact) mass is 505 g/mol. The normalized spacial score (nSPS) is 15.9. The van der Waals surface area contributed by atoms with E-state index < -0.39 is 0 Å². The standard InChI is InChI=1S/C24H28INO3/c1-23(2,3)16-12-14(13-17(21(16)27)24(4,5)6)11-15-20-18(25)9-8-10-19(20)26(29-7)22(15)28/h8-13,27H,1-7H3. The molecule has 0 atom stereocenters. The van der Waals surface area contributed by atoms with E-state index in [2.05, 4.69) is 64.1 Å². The number of carbonyl (C=O) groups is 1. The lowest BCUT2D eigenvalue weighted by atomic mass is 9.78. The molecule has 0 saturated heterocycles. The Hall–Kier alpha value is -1.86. The zero-order valence-corrected chi connectivity index (χ0v) is 20.2. The van der Waals surface area contributed by atoms with E-state index in [9.17, 15) is 9.90 Å². The highest BCUT2D eigenvalue weighted by atomic mass is 127. The molecule has 1 aliphatic rings. The van der Waals surface area contributed by atoms with E-state index in [1.165, 1.54) is 12.2 Å². The quantitative estimate of drug-likeness (QED) is 0.400. The topological polar surface area (TPSA) is 49.8 Å². The van der Waals surface area contributed by atoms with Crippen LogP contribution in [0.3, 0.4) is 0 Å². The minimum absolute atomic E-state index is 0.186. The second-order valence-corrected chi connectivity index (χ2v) is 10.6. The van der Waals surface area contributed by atoms with Crippen molar-refractivity contribution < 1.29 is 14.7 Å². The second-order valence-electron chi connectivity index (χ2n) is 9.44. The van der Waals surface area contributed by atoms with Crippen molar-refractivity contribution in [3.8, 4) is 5.75 Å². The van der Waals surface area contributed by atoms with Gasteiger partial charge < -0.3 is 5.11 Å². The molecule has 29 heavy (non-hydrogen) atoms. The zero-order valence-electron chi connectivity index (χ0n) is 18.1. The molecule has 0 aliphatic carbocycles. The van der Waals surface area contributed by atoms with Gasteiger partial charge in [-0.2, -0.15) is 5.06 Å². The van der Waals surface area contributed by atoms with Gasteiger partial charge in [0.25, 0.3) is 5.91 Å². The molecular formula is C24H28INO3. The van der Waals surface area contributed by atoms with E-state index in [-0.39, 0.29) is 16.7 Å². The number of amides is 1. The van der Waals surface area contributed by atoms with Gasteiger partial charge in [0.15, 0.2) is 0 Å². The van der Waals surface area contributed by atoms with E-state index in [0.29, 0.717) is 11.3 Å². The third-order valence-corrected chi connectivity index (χ3v) is 6.04. The molecule has 2 aromatic carbocycles. The fourth-order valence-electron chi connectivity index (χ4n) is 3.64. The summed E-state index contributed by atoms with van der Waals surface area (Å²) in [5.74, 6) is 0.146. The summed E-state index contributed by atoms with van der Waals surface area (Å²) in [5.41, 5.74) is 4.39. The SMILES string of the molecule is CON1C(=O)C(=Cc2cc(C(C)(C)C)c(O)c(C(C)(C)C)c2)c2c(I)cccc21. The number of phenolic OH excluding ortho intramolecular Hbond substituents is 1. The average molecular weight is 505 g/mol. The molecule has 0 saturated carbocycles. The van der Waals surface area contributed by atoms with Crippen LogP contribution < -0.4 is 5.06 Å². The van der Waals surface area contributed by atoms with Crippen molar-refractivity contribution in [1.29, 1.82) is 0 Å². The summed E-state index contributed by atoms with van der Waals surface area (Å²) in [6.45, 7) is 12.5. The lowest BCUT2D eigenvalue weighted by Gasteiger charge is -2.28. The van der Waals surface area contributed by atoms with E-state index in [1.807, 2.05) is 36.4 Å². The van der Waals surface area contributed by atoms with E-state index in [0.717, 1.165) is 31.5 Å².